The Morgan fingerprint density at radius 2 is 1.31 bits per heavy atom. The van der Waals surface area contributed by atoms with Crippen molar-refractivity contribution in [1.29, 1.82) is 0 Å². The Morgan fingerprint density at radius 1 is 0.923 bits per heavy atom. The van der Waals surface area contributed by atoms with Crippen LogP contribution in [0.25, 0.3) is 0 Å². The second-order valence-corrected chi connectivity index (χ2v) is 7.02. The lowest BCUT2D eigenvalue weighted by molar-refractivity contribution is 0.185. The van der Waals surface area contributed by atoms with Crippen LogP contribution in [0.1, 0.15) is 13.8 Å². The van der Waals surface area contributed by atoms with Crippen molar-refractivity contribution in [2.45, 2.75) is 25.9 Å². The average molecular weight is 240 g/mol. The van der Waals surface area contributed by atoms with E-state index in [1.165, 1.54) is 0 Å². The van der Waals surface area contributed by atoms with Crippen molar-refractivity contribution in [3.63, 3.8) is 0 Å². The third-order valence-electron chi connectivity index (χ3n) is 1.80. The summed E-state index contributed by atoms with van der Waals surface area (Å²) < 4.78 is 11.5. The SMILES string of the molecule is CCO[Si](CCS)(CCS)OCC. The van der Waals surface area contributed by atoms with Gasteiger partial charge in [0, 0.05) is 13.2 Å². The van der Waals surface area contributed by atoms with Crippen LogP contribution >= 0.6 is 25.3 Å². The molecule has 13 heavy (non-hydrogen) atoms. The van der Waals surface area contributed by atoms with Crippen LogP contribution in [-0.2, 0) is 8.85 Å². The van der Waals surface area contributed by atoms with Gasteiger partial charge in [0.1, 0.15) is 0 Å². The van der Waals surface area contributed by atoms with Crippen molar-refractivity contribution in [2.75, 3.05) is 24.7 Å². The van der Waals surface area contributed by atoms with Crippen LogP contribution in [0.15, 0.2) is 0 Å². The summed E-state index contributed by atoms with van der Waals surface area (Å²) in [5, 5.41) is 0. The van der Waals surface area contributed by atoms with Crippen LogP contribution in [0.4, 0.5) is 0 Å². The van der Waals surface area contributed by atoms with Gasteiger partial charge in [0.2, 0.25) is 0 Å². The molecule has 0 aliphatic rings. The minimum atomic E-state index is -1.95. The second kappa shape index (κ2) is 8.17. The van der Waals surface area contributed by atoms with Crippen molar-refractivity contribution in [3.05, 3.63) is 0 Å². The van der Waals surface area contributed by atoms with E-state index < -0.39 is 8.56 Å². The highest BCUT2D eigenvalue weighted by molar-refractivity contribution is 7.80. The molecule has 2 nitrogen and oxygen atoms in total. The fourth-order valence-electron chi connectivity index (χ4n) is 1.32. The molecular formula is C8H20O2S2Si. The fourth-order valence-corrected chi connectivity index (χ4v) is 6.01. The molecular weight excluding hydrogens is 220 g/mol. The molecule has 0 amide bonds. The molecule has 0 heterocycles. The van der Waals surface area contributed by atoms with E-state index in [2.05, 4.69) is 25.3 Å². The van der Waals surface area contributed by atoms with Gasteiger partial charge in [-0.05, 0) is 37.4 Å². The first-order valence-electron chi connectivity index (χ1n) is 4.74. The maximum Gasteiger partial charge on any atom is 0.339 e. The molecule has 0 aromatic carbocycles. The number of hydrogen-bond donors (Lipinski definition) is 2. The second-order valence-electron chi connectivity index (χ2n) is 2.72. The molecule has 80 valence electrons. The molecule has 0 aromatic heterocycles. The first-order chi connectivity index (χ1) is 6.24. The summed E-state index contributed by atoms with van der Waals surface area (Å²) in [7, 11) is -1.95. The van der Waals surface area contributed by atoms with E-state index in [4.69, 9.17) is 8.85 Å². The van der Waals surface area contributed by atoms with Crippen LogP contribution in [0.3, 0.4) is 0 Å². The zero-order chi connectivity index (χ0) is 10.2. The molecule has 0 aromatic rings. The Morgan fingerprint density at radius 3 is 1.54 bits per heavy atom. The van der Waals surface area contributed by atoms with Gasteiger partial charge in [-0.1, -0.05) is 0 Å². The van der Waals surface area contributed by atoms with E-state index in [1.54, 1.807) is 0 Å². The monoisotopic (exact) mass is 240 g/mol. The van der Waals surface area contributed by atoms with Gasteiger partial charge in [-0.3, -0.25) is 0 Å². The van der Waals surface area contributed by atoms with E-state index >= 15 is 0 Å². The quantitative estimate of drug-likeness (QED) is 0.501. The molecule has 5 heteroatoms. The maximum atomic E-state index is 5.77. The molecule has 0 radical (unpaired) electrons. The van der Waals surface area contributed by atoms with Crippen LogP contribution in [0.2, 0.25) is 12.1 Å². The van der Waals surface area contributed by atoms with Crippen LogP contribution in [-0.4, -0.2) is 33.3 Å². The third-order valence-corrected chi connectivity index (χ3v) is 6.74. The van der Waals surface area contributed by atoms with Crippen molar-refractivity contribution < 1.29 is 8.85 Å². The Balaban J connectivity index is 4.19. The van der Waals surface area contributed by atoms with Gasteiger partial charge in [-0.15, -0.1) is 0 Å². The van der Waals surface area contributed by atoms with Crippen LogP contribution < -0.4 is 0 Å². The van der Waals surface area contributed by atoms with Gasteiger partial charge < -0.3 is 8.85 Å². The third kappa shape index (κ3) is 5.32. The van der Waals surface area contributed by atoms with Gasteiger partial charge >= 0.3 is 8.56 Å². The number of hydrogen-bond acceptors (Lipinski definition) is 4. The van der Waals surface area contributed by atoms with Gasteiger partial charge in [-0.2, -0.15) is 25.3 Å². The minimum Gasteiger partial charge on any atom is -0.394 e. The lowest BCUT2D eigenvalue weighted by atomic mass is 10.9. The Labute approximate surface area is 93.5 Å². The smallest absolute Gasteiger partial charge is 0.339 e. The fraction of sp³-hybridized carbons (Fsp3) is 1.00. The van der Waals surface area contributed by atoms with E-state index in [0.717, 1.165) is 36.8 Å². The molecule has 0 spiro atoms. The summed E-state index contributed by atoms with van der Waals surface area (Å²) in [6, 6.07) is 1.91. The zero-order valence-corrected chi connectivity index (χ0v) is 11.2. The summed E-state index contributed by atoms with van der Waals surface area (Å²) >= 11 is 8.48. The Bertz CT molecular complexity index is 95.2. The van der Waals surface area contributed by atoms with Gasteiger partial charge in [0.25, 0.3) is 0 Å². The minimum absolute atomic E-state index is 0.730. The average Bonchev–Trinajstić information content (AvgIpc) is 2.06. The topological polar surface area (TPSA) is 18.5 Å². The molecule has 0 aliphatic heterocycles. The standard InChI is InChI=1S/C8H20O2S2Si/c1-3-9-13(7-5-11,8-6-12)10-4-2/h11-12H,3-8H2,1-2H3. The summed E-state index contributed by atoms with van der Waals surface area (Å²) in [6.45, 7) is 5.48. The summed E-state index contributed by atoms with van der Waals surface area (Å²) in [4.78, 5) is 0. The summed E-state index contributed by atoms with van der Waals surface area (Å²) in [6.07, 6.45) is 0. The molecule has 0 unspecified atom stereocenters. The van der Waals surface area contributed by atoms with E-state index in [-0.39, 0.29) is 0 Å². The predicted octanol–water partition coefficient (Wildman–Crippen LogP) is 2.36. The highest BCUT2D eigenvalue weighted by Crippen LogP contribution is 2.20. The molecule has 0 rings (SSSR count). The van der Waals surface area contributed by atoms with Crippen LogP contribution in [0, 0.1) is 0 Å². The number of rotatable bonds is 8. The first kappa shape index (κ1) is 13.8. The summed E-state index contributed by atoms with van der Waals surface area (Å²) in [5.74, 6) is 1.67. The molecule has 0 saturated heterocycles. The van der Waals surface area contributed by atoms with Crippen molar-refractivity contribution in [1.82, 2.24) is 0 Å². The van der Waals surface area contributed by atoms with Gasteiger partial charge in [0.15, 0.2) is 0 Å². The van der Waals surface area contributed by atoms with E-state index in [0.29, 0.717) is 0 Å². The molecule has 0 N–H and O–H groups in total. The normalized spacial score (nSPS) is 12.0. The van der Waals surface area contributed by atoms with Crippen molar-refractivity contribution in [2.24, 2.45) is 0 Å². The highest BCUT2D eigenvalue weighted by atomic mass is 32.1. The molecule has 0 aliphatic carbocycles. The number of thiol groups is 2. The molecule has 0 bridgehead atoms. The molecule has 0 atom stereocenters. The van der Waals surface area contributed by atoms with Crippen molar-refractivity contribution in [3.8, 4) is 0 Å². The summed E-state index contributed by atoms with van der Waals surface area (Å²) in [5.41, 5.74) is 0. The van der Waals surface area contributed by atoms with Crippen LogP contribution in [0.5, 0.6) is 0 Å². The van der Waals surface area contributed by atoms with Crippen molar-refractivity contribution >= 4 is 33.8 Å². The Hall–Kier alpha value is 0.837. The zero-order valence-electron chi connectivity index (χ0n) is 8.45. The first-order valence-corrected chi connectivity index (χ1v) is 8.23. The highest BCUT2D eigenvalue weighted by Gasteiger charge is 2.35. The van der Waals surface area contributed by atoms with Gasteiger partial charge in [0.05, 0.1) is 0 Å². The maximum absolute atomic E-state index is 5.77. The predicted molar refractivity (Wildman–Crippen MR) is 66.3 cm³/mol. The van der Waals surface area contributed by atoms with Gasteiger partial charge in [-0.25, -0.2) is 0 Å². The largest absolute Gasteiger partial charge is 0.394 e. The Kier molecular flexibility index (Phi) is 8.70. The molecule has 0 saturated carbocycles. The molecule has 0 fully saturated rings. The lowest BCUT2D eigenvalue weighted by Crippen LogP contribution is -2.43. The lowest BCUT2D eigenvalue weighted by Gasteiger charge is -2.29. The van der Waals surface area contributed by atoms with E-state index in [1.807, 2.05) is 13.8 Å². The van der Waals surface area contributed by atoms with E-state index in [9.17, 15) is 0 Å².